The maximum atomic E-state index is 9.30. The summed E-state index contributed by atoms with van der Waals surface area (Å²) in [5.41, 5.74) is 1.78. The number of aliphatic hydroxyl groups excluding tert-OH is 2. The lowest BCUT2D eigenvalue weighted by molar-refractivity contribution is 0.105. The largest absolute Gasteiger partial charge is 0.394 e. The van der Waals surface area contributed by atoms with Gasteiger partial charge in [-0.3, -0.25) is 4.98 Å². The van der Waals surface area contributed by atoms with Gasteiger partial charge in [0.15, 0.2) is 0 Å². The molecule has 0 radical (unpaired) electrons. The van der Waals surface area contributed by atoms with E-state index in [1.807, 2.05) is 24.3 Å². The topological polar surface area (TPSA) is 65.4 Å². The van der Waals surface area contributed by atoms with Crippen LogP contribution in [0.15, 0.2) is 34.9 Å². The zero-order valence-electron chi connectivity index (χ0n) is 9.10. The number of hydrogen-bond acceptors (Lipinski definition) is 4. The third kappa shape index (κ3) is 2.94. The molecule has 0 spiro atoms. The van der Waals surface area contributed by atoms with Gasteiger partial charge in [-0.2, -0.15) is 0 Å². The van der Waals surface area contributed by atoms with Crippen LogP contribution in [0.4, 0.5) is 5.69 Å². The number of nitrogens with zero attached hydrogens (tertiary/aromatic N) is 1. The molecule has 0 fully saturated rings. The van der Waals surface area contributed by atoms with Crippen molar-refractivity contribution in [3.8, 4) is 0 Å². The monoisotopic (exact) mass is 296 g/mol. The summed E-state index contributed by atoms with van der Waals surface area (Å²) in [7, 11) is 0. The van der Waals surface area contributed by atoms with Crippen molar-refractivity contribution in [1.82, 2.24) is 4.98 Å². The van der Waals surface area contributed by atoms with Crippen LogP contribution in [0.1, 0.15) is 0 Å². The molecule has 5 heteroatoms. The zero-order chi connectivity index (χ0) is 12.3. The first-order valence-corrected chi connectivity index (χ1v) is 6.07. The number of pyridine rings is 1. The van der Waals surface area contributed by atoms with Gasteiger partial charge in [0, 0.05) is 28.3 Å². The molecule has 0 aliphatic carbocycles. The number of aromatic nitrogens is 1. The molecule has 3 N–H and O–H groups in total. The van der Waals surface area contributed by atoms with E-state index >= 15 is 0 Å². The van der Waals surface area contributed by atoms with Gasteiger partial charge in [0.05, 0.1) is 18.2 Å². The number of halogens is 1. The summed E-state index contributed by atoms with van der Waals surface area (Å²) in [6, 6.07) is 7.68. The van der Waals surface area contributed by atoms with Crippen LogP contribution in [-0.2, 0) is 0 Å². The molecule has 1 aromatic carbocycles. The quantitative estimate of drug-likeness (QED) is 0.804. The molecule has 0 saturated heterocycles. The van der Waals surface area contributed by atoms with Crippen LogP contribution in [0.3, 0.4) is 0 Å². The molecule has 1 heterocycles. The fourth-order valence-electron chi connectivity index (χ4n) is 1.57. The fourth-order valence-corrected chi connectivity index (χ4v) is 1.92. The van der Waals surface area contributed by atoms with Crippen molar-refractivity contribution < 1.29 is 10.2 Å². The minimum Gasteiger partial charge on any atom is -0.394 e. The molecule has 17 heavy (non-hydrogen) atoms. The van der Waals surface area contributed by atoms with Gasteiger partial charge in [-0.05, 0) is 24.3 Å². The number of anilines is 1. The molecule has 2 rings (SSSR count). The van der Waals surface area contributed by atoms with E-state index in [0.717, 1.165) is 21.1 Å². The molecule has 1 unspecified atom stereocenters. The minimum absolute atomic E-state index is 0.248. The van der Waals surface area contributed by atoms with E-state index in [1.165, 1.54) is 0 Å². The van der Waals surface area contributed by atoms with Gasteiger partial charge in [-0.1, -0.05) is 15.9 Å². The third-order valence-corrected chi connectivity index (χ3v) is 2.94. The van der Waals surface area contributed by atoms with Crippen molar-refractivity contribution in [3.63, 3.8) is 0 Å². The van der Waals surface area contributed by atoms with Gasteiger partial charge in [-0.15, -0.1) is 0 Å². The Balaban J connectivity index is 2.28. The minimum atomic E-state index is -0.756. The van der Waals surface area contributed by atoms with E-state index in [4.69, 9.17) is 5.11 Å². The van der Waals surface area contributed by atoms with Gasteiger partial charge in [0.1, 0.15) is 0 Å². The van der Waals surface area contributed by atoms with Crippen molar-refractivity contribution in [1.29, 1.82) is 0 Å². The lowest BCUT2D eigenvalue weighted by Gasteiger charge is -2.12. The molecular formula is C12H13BrN2O2. The Hall–Kier alpha value is -1.17. The van der Waals surface area contributed by atoms with Crippen molar-refractivity contribution in [2.24, 2.45) is 0 Å². The molecule has 0 aliphatic rings. The summed E-state index contributed by atoms with van der Waals surface area (Å²) in [6.07, 6.45) is 0.955. The van der Waals surface area contributed by atoms with Crippen molar-refractivity contribution in [2.45, 2.75) is 6.10 Å². The van der Waals surface area contributed by atoms with Crippen molar-refractivity contribution in [2.75, 3.05) is 18.5 Å². The van der Waals surface area contributed by atoms with Crippen molar-refractivity contribution >= 4 is 32.5 Å². The van der Waals surface area contributed by atoms with Crippen molar-refractivity contribution in [3.05, 3.63) is 34.9 Å². The highest BCUT2D eigenvalue weighted by Gasteiger charge is 2.05. The van der Waals surface area contributed by atoms with Crippen LogP contribution < -0.4 is 5.32 Å². The maximum Gasteiger partial charge on any atom is 0.0942 e. The third-order valence-electron chi connectivity index (χ3n) is 2.44. The average Bonchev–Trinajstić information content (AvgIpc) is 2.35. The highest BCUT2D eigenvalue weighted by molar-refractivity contribution is 9.10. The van der Waals surface area contributed by atoms with Crippen LogP contribution >= 0.6 is 15.9 Å². The van der Waals surface area contributed by atoms with E-state index in [-0.39, 0.29) is 6.61 Å². The summed E-state index contributed by atoms with van der Waals surface area (Å²) >= 11 is 3.40. The molecule has 1 aromatic heterocycles. The predicted molar refractivity (Wildman–Crippen MR) is 71.0 cm³/mol. The van der Waals surface area contributed by atoms with Gasteiger partial charge in [0.25, 0.3) is 0 Å². The average molecular weight is 297 g/mol. The van der Waals surface area contributed by atoms with Gasteiger partial charge in [-0.25, -0.2) is 0 Å². The second kappa shape index (κ2) is 5.44. The molecule has 0 amide bonds. The number of hydrogen-bond donors (Lipinski definition) is 3. The summed E-state index contributed by atoms with van der Waals surface area (Å²) in [5.74, 6) is 0. The molecule has 2 aromatic rings. The molecule has 90 valence electrons. The van der Waals surface area contributed by atoms with Gasteiger partial charge in [0.2, 0.25) is 0 Å². The highest BCUT2D eigenvalue weighted by Crippen LogP contribution is 2.24. The molecule has 0 bridgehead atoms. The second-order valence-electron chi connectivity index (χ2n) is 3.74. The lowest BCUT2D eigenvalue weighted by Crippen LogP contribution is -2.23. The van der Waals surface area contributed by atoms with E-state index in [2.05, 4.69) is 26.2 Å². The first-order valence-electron chi connectivity index (χ1n) is 5.28. The Morgan fingerprint density at radius 1 is 1.35 bits per heavy atom. The Labute approximate surface area is 107 Å². The second-order valence-corrected chi connectivity index (χ2v) is 4.65. The summed E-state index contributed by atoms with van der Waals surface area (Å²) in [4.78, 5) is 4.27. The van der Waals surface area contributed by atoms with Crippen LogP contribution in [0.25, 0.3) is 10.9 Å². The predicted octanol–water partition coefficient (Wildman–Crippen LogP) is 1.76. The number of rotatable bonds is 4. The number of aliphatic hydroxyl groups is 2. The summed E-state index contributed by atoms with van der Waals surface area (Å²) in [5, 5.41) is 22.1. The first-order chi connectivity index (χ1) is 8.20. The molecule has 1 atom stereocenters. The fraction of sp³-hybridized carbons (Fsp3) is 0.250. The maximum absolute atomic E-state index is 9.30. The Bertz CT molecular complexity index is 519. The Kier molecular flexibility index (Phi) is 3.93. The van der Waals surface area contributed by atoms with Crippen LogP contribution in [0, 0.1) is 0 Å². The zero-order valence-corrected chi connectivity index (χ0v) is 10.7. The lowest BCUT2D eigenvalue weighted by atomic mass is 10.2. The number of nitrogens with one attached hydrogen (secondary N) is 1. The molecule has 0 aliphatic heterocycles. The molecular weight excluding hydrogens is 284 g/mol. The van der Waals surface area contributed by atoms with E-state index in [9.17, 15) is 5.11 Å². The number of benzene rings is 1. The standard InChI is InChI=1S/C12H13BrN2O2/c13-8-1-2-10-11(15-6-9(17)7-16)3-4-14-12(10)5-8/h1-5,9,16-17H,6-7H2,(H,14,15). The highest BCUT2D eigenvalue weighted by atomic mass is 79.9. The van der Waals surface area contributed by atoms with E-state index in [0.29, 0.717) is 6.54 Å². The summed E-state index contributed by atoms with van der Waals surface area (Å²) < 4.78 is 0.977. The SMILES string of the molecule is OCC(O)CNc1ccnc2cc(Br)ccc12. The Morgan fingerprint density at radius 3 is 2.94 bits per heavy atom. The summed E-state index contributed by atoms with van der Waals surface area (Å²) in [6.45, 7) is 0.0627. The van der Waals surface area contributed by atoms with Crippen LogP contribution in [0.5, 0.6) is 0 Å². The first kappa shape index (κ1) is 12.3. The smallest absolute Gasteiger partial charge is 0.0942 e. The number of fused-ring (bicyclic) bond motifs is 1. The van der Waals surface area contributed by atoms with Crippen LogP contribution in [0.2, 0.25) is 0 Å². The normalized spacial score (nSPS) is 12.6. The van der Waals surface area contributed by atoms with Crippen LogP contribution in [-0.4, -0.2) is 34.5 Å². The Morgan fingerprint density at radius 2 is 2.18 bits per heavy atom. The van der Waals surface area contributed by atoms with Gasteiger partial charge < -0.3 is 15.5 Å². The van der Waals surface area contributed by atoms with Gasteiger partial charge >= 0.3 is 0 Å². The molecule has 0 saturated carbocycles. The molecule has 4 nitrogen and oxygen atoms in total. The van der Waals surface area contributed by atoms with E-state index in [1.54, 1.807) is 6.20 Å². The van der Waals surface area contributed by atoms with E-state index < -0.39 is 6.10 Å².